The lowest BCUT2D eigenvalue weighted by Crippen LogP contribution is -2.41. The highest BCUT2D eigenvalue weighted by atomic mass is 16.7. The number of benzene rings is 1. The average Bonchev–Trinajstić information content (AvgIpc) is 2.64. The van der Waals surface area contributed by atoms with Crippen molar-refractivity contribution in [1.29, 1.82) is 0 Å². The molecule has 23 heavy (non-hydrogen) atoms. The van der Waals surface area contributed by atoms with Gasteiger partial charge in [-0.05, 0) is 59.1 Å². The van der Waals surface area contributed by atoms with Crippen LogP contribution in [0.1, 0.15) is 41.5 Å². The van der Waals surface area contributed by atoms with Crippen LogP contribution >= 0.6 is 0 Å². The van der Waals surface area contributed by atoms with Crippen LogP contribution in [-0.2, 0) is 9.31 Å². The molecule has 128 valence electrons. The Bertz CT molecular complexity index is 547. The standard InChI is InChI=1S/C17H27BO5/c1-15(2,19)11-21-13-9-8-12(10-14(13)20-7)18-22-16(3,4)17(5,6)23-18/h8-10,19H,11H2,1-7H3. The van der Waals surface area contributed by atoms with E-state index in [2.05, 4.69) is 0 Å². The quantitative estimate of drug-likeness (QED) is 0.842. The maximum absolute atomic E-state index is 9.78. The molecule has 1 aromatic carbocycles. The molecule has 5 nitrogen and oxygen atoms in total. The van der Waals surface area contributed by atoms with Gasteiger partial charge in [-0.15, -0.1) is 0 Å². The third-order valence-electron chi connectivity index (χ3n) is 4.29. The van der Waals surface area contributed by atoms with Gasteiger partial charge in [-0.1, -0.05) is 6.07 Å². The van der Waals surface area contributed by atoms with E-state index in [1.165, 1.54) is 0 Å². The molecule has 2 rings (SSSR count). The van der Waals surface area contributed by atoms with Crippen LogP contribution in [0.15, 0.2) is 18.2 Å². The average molecular weight is 322 g/mol. The summed E-state index contributed by atoms with van der Waals surface area (Å²) < 4.78 is 23.1. The Morgan fingerprint density at radius 1 is 1.09 bits per heavy atom. The first-order valence-electron chi connectivity index (χ1n) is 7.84. The molecule has 0 radical (unpaired) electrons. The predicted octanol–water partition coefficient (Wildman–Crippen LogP) is 2.14. The highest BCUT2D eigenvalue weighted by Gasteiger charge is 2.51. The van der Waals surface area contributed by atoms with Crippen molar-refractivity contribution in [2.45, 2.75) is 58.3 Å². The van der Waals surface area contributed by atoms with Crippen molar-refractivity contribution in [3.8, 4) is 11.5 Å². The van der Waals surface area contributed by atoms with Crippen LogP contribution in [0, 0.1) is 0 Å². The fourth-order valence-corrected chi connectivity index (χ4v) is 2.18. The molecule has 0 amide bonds. The van der Waals surface area contributed by atoms with Gasteiger partial charge in [-0.3, -0.25) is 0 Å². The van der Waals surface area contributed by atoms with E-state index in [0.29, 0.717) is 11.5 Å². The lowest BCUT2D eigenvalue weighted by atomic mass is 9.79. The van der Waals surface area contributed by atoms with Crippen molar-refractivity contribution >= 4 is 12.6 Å². The van der Waals surface area contributed by atoms with Crippen LogP contribution in [0.25, 0.3) is 0 Å². The van der Waals surface area contributed by atoms with Gasteiger partial charge in [0, 0.05) is 0 Å². The summed E-state index contributed by atoms with van der Waals surface area (Å²) in [7, 11) is 1.14. The molecule has 1 aromatic rings. The van der Waals surface area contributed by atoms with E-state index in [-0.39, 0.29) is 17.8 Å². The molecule has 1 saturated heterocycles. The number of aliphatic hydroxyl groups is 1. The number of ether oxygens (including phenoxy) is 2. The Morgan fingerprint density at radius 2 is 1.65 bits per heavy atom. The summed E-state index contributed by atoms with van der Waals surface area (Å²) in [6.45, 7) is 11.6. The van der Waals surface area contributed by atoms with Crippen molar-refractivity contribution in [3.05, 3.63) is 18.2 Å². The summed E-state index contributed by atoms with van der Waals surface area (Å²) in [6, 6.07) is 5.55. The summed E-state index contributed by atoms with van der Waals surface area (Å²) in [5.41, 5.74) is -0.812. The molecular weight excluding hydrogens is 295 g/mol. The van der Waals surface area contributed by atoms with Crippen LogP contribution in [-0.4, -0.2) is 42.7 Å². The Balaban J connectivity index is 2.20. The smallest absolute Gasteiger partial charge is 0.493 e. The summed E-state index contributed by atoms with van der Waals surface area (Å²) >= 11 is 0. The van der Waals surface area contributed by atoms with Gasteiger partial charge >= 0.3 is 7.12 Å². The molecule has 1 heterocycles. The Kier molecular flexibility index (Phi) is 4.73. The first kappa shape index (κ1) is 18.1. The second kappa shape index (κ2) is 6.00. The number of hydrogen-bond acceptors (Lipinski definition) is 5. The minimum Gasteiger partial charge on any atom is -0.493 e. The van der Waals surface area contributed by atoms with Gasteiger partial charge < -0.3 is 23.9 Å². The van der Waals surface area contributed by atoms with E-state index in [1.807, 2.05) is 45.9 Å². The summed E-state index contributed by atoms with van der Waals surface area (Å²) in [4.78, 5) is 0. The first-order chi connectivity index (χ1) is 10.5. The van der Waals surface area contributed by atoms with Crippen LogP contribution in [0.2, 0.25) is 0 Å². The molecule has 0 atom stereocenters. The van der Waals surface area contributed by atoms with Gasteiger partial charge in [-0.2, -0.15) is 0 Å². The SMILES string of the molecule is COc1cc(B2OC(C)(C)C(C)(C)O2)ccc1OCC(C)(C)O. The molecule has 6 heteroatoms. The molecule has 0 spiro atoms. The van der Waals surface area contributed by atoms with Gasteiger partial charge in [0.05, 0.1) is 23.9 Å². The first-order valence-corrected chi connectivity index (χ1v) is 7.84. The summed E-state index contributed by atoms with van der Waals surface area (Å²) in [5.74, 6) is 1.16. The van der Waals surface area contributed by atoms with Crippen LogP contribution in [0.4, 0.5) is 0 Å². The molecule has 1 aliphatic heterocycles. The van der Waals surface area contributed by atoms with Crippen molar-refractivity contribution in [2.24, 2.45) is 0 Å². The Hall–Kier alpha value is -1.24. The van der Waals surface area contributed by atoms with E-state index < -0.39 is 12.7 Å². The number of hydrogen-bond donors (Lipinski definition) is 1. The normalized spacial score (nSPS) is 19.7. The van der Waals surface area contributed by atoms with E-state index in [9.17, 15) is 5.11 Å². The van der Waals surface area contributed by atoms with Crippen molar-refractivity contribution < 1.29 is 23.9 Å². The summed E-state index contributed by atoms with van der Waals surface area (Å²) in [5, 5.41) is 9.78. The highest BCUT2D eigenvalue weighted by molar-refractivity contribution is 6.62. The molecule has 1 N–H and O–H groups in total. The Morgan fingerprint density at radius 3 is 2.13 bits per heavy atom. The number of methoxy groups -OCH3 is 1. The maximum atomic E-state index is 9.78. The van der Waals surface area contributed by atoms with E-state index in [4.69, 9.17) is 18.8 Å². The van der Waals surface area contributed by atoms with Gasteiger partial charge in [-0.25, -0.2) is 0 Å². The Labute approximate surface area is 139 Å². The van der Waals surface area contributed by atoms with Gasteiger partial charge in [0.15, 0.2) is 11.5 Å². The second-order valence-corrected chi connectivity index (χ2v) is 7.60. The lowest BCUT2D eigenvalue weighted by Gasteiger charge is -2.32. The maximum Gasteiger partial charge on any atom is 0.494 e. The second-order valence-electron chi connectivity index (χ2n) is 7.60. The zero-order valence-corrected chi connectivity index (χ0v) is 15.1. The minimum absolute atomic E-state index is 0.180. The third kappa shape index (κ3) is 4.00. The van der Waals surface area contributed by atoms with Crippen LogP contribution in [0.5, 0.6) is 11.5 Å². The molecule has 1 fully saturated rings. The highest BCUT2D eigenvalue weighted by Crippen LogP contribution is 2.37. The third-order valence-corrected chi connectivity index (χ3v) is 4.29. The molecule has 0 bridgehead atoms. The van der Waals surface area contributed by atoms with E-state index >= 15 is 0 Å². The topological polar surface area (TPSA) is 57.2 Å². The molecule has 0 unspecified atom stereocenters. The van der Waals surface area contributed by atoms with Crippen LogP contribution < -0.4 is 14.9 Å². The minimum atomic E-state index is -0.907. The summed E-state index contributed by atoms with van der Waals surface area (Å²) in [6.07, 6.45) is 0. The zero-order valence-electron chi connectivity index (χ0n) is 15.1. The molecular formula is C17H27BO5. The predicted molar refractivity (Wildman–Crippen MR) is 90.5 cm³/mol. The van der Waals surface area contributed by atoms with E-state index in [1.54, 1.807) is 21.0 Å². The van der Waals surface area contributed by atoms with Crippen molar-refractivity contribution in [3.63, 3.8) is 0 Å². The van der Waals surface area contributed by atoms with Crippen molar-refractivity contribution in [1.82, 2.24) is 0 Å². The number of rotatable bonds is 5. The molecule has 1 aliphatic rings. The zero-order chi connectivity index (χ0) is 17.5. The van der Waals surface area contributed by atoms with Gasteiger partial charge in [0.1, 0.15) is 6.61 Å². The molecule has 0 aliphatic carbocycles. The van der Waals surface area contributed by atoms with E-state index in [0.717, 1.165) is 5.46 Å². The van der Waals surface area contributed by atoms with Crippen LogP contribution in [0.3, 0.4) is 0 Å². The van der Waals surface area contributed by atoms with Crippen molar-refractivity contribution in [2.75, 3.05) is 13.7 Å². The monoisotopic (exact) mass is 322 g/mol. The lowest BCUT2D eigenvalue weighted by molar-refractivity contribution is 0.00578. The van der Waals surface area contributed by atoms with Gasteiger partial charge in [0.25, 0.3) is 0 Å². The fourth-order valence-electron chi connectivity index (χ4n) is 2.18. The van der Waals surface area contributed by atoms with Gasteiger partial charge in [0.2, 0.25) is 0 Å². The fraction of sp³-hybridized carbons (Fsp3) is 0.647. The largest absolute Gasteiger partial charge is 0.494 e. The molecule has 0 saturated carbocycles. The molecule has 0 aromatic heterocycles.